The average molecular weight is 363 g/mol. The predicted molar refractivity (Wildman–Crippen MR) is 89.9 cm³/mol. The minimum absolute atomic E-state index is 0.0270. The molecule has 0 unspecified atom stereocenters. The van der Waals surface area contributed by atoms with Crippen LogP contribution in [0.3, 0.4) is 0 Å². The molecule has 3 heterocycles. The zero-order valence-electron chi connectivity index (χ0n) is 13.3. The standard InChI is InChI=1S/C17H16ClFN4O2/c18-15-14-16(21-10-20-15)23(11-22-14)13-6-17(19,9-25-13)8-24-7-12-4-2-1-3-5-12/h1-5,10-11,13H,6-9H2/t13-,17+/m1/s1. The van der Waals surface area contributed by atoms with Gasteiger partial charge in [-0.2, -0.15) is 0 Å². The zero-order valence-corrected chi connectivity index (χ0v) is 14.1. The lowest BCUT2D eigenvalue weighted by molar-refractivity contribution is -0.00391. The molecule has 2 atom stereocenters. The summed E-state index contributed by atoms with van der Waals surface area (Å²) in [6.07, 6.45) is 2.56. The van der Waals surface area contributed by atoms with Gasteiger partial charge in [-0.1, -0.05) is 41.9 Å². The van der Waals surface area contributed by atoms with Crippen LogP contribution in [0.1, 0.15) is 18.2 Å². The van der Waals surface area contributed by atoms with E-state index in [1.807, 2.05) is 30.3 Å². The smallest absolute Gasteiger partial charge is 0.166 e. The van der Waals surface area contributed by atoms with Gasteiger partial charge in [0.2, 0.25) is 0 Å². The van der Waals surface area contributed by atoms with Gasteiger partial charge < -0.3 is 9.47 Å². The highest BCUT2D eigenvalue weighted by Crippen LogP contribution is 2.36. The van der Waals surface area contributed by atoms with Crippen LogP contribution < -0.4 is 0 Å². The Kier molecular flexibility index (Phi) is 4.37. The van der Waals surface area contributed by atoms with Gasteiger partial charge in [0.15, 0.2) is 16.5 Å². The molecular weight excluding hydrogens is 347 g/mol. The highest BCUT2D eigenvalue weighted by Gasteiger charge is 2.42. The minimum Gasteiger partial charge on any atom is -0.373 e. The summed E-state index contributed by atoms with van der Waals surface area (Å²) in [5.41, 5.74) is 0.463. The Labute approximate surface area is 148 Å². The largest absolute Gasteiger partial charge is 0.373 e. The Morgan fingerprint density at radius 2 is 2.12 bits per heavy atom. The van der Waals surface area contributed by atoms with Gasteiger partial charge in [0.1, 0.15) is 18.1 Å². The fourth-order valence-electron chi connectivity index (χ4n) is 2.92. The molecule has 4 rings (SSSR count). The van der Waals surface area contributed by atoms with E-state index in [0.717, 1.165) is 5.56 Å². The summed E-state index contributed by atoms with van der Waals surface area (Å²) in [6, 6.07) is 9.67. The quantitative estimate of drug-likeness (QED) is 0.651. The van der Waals surface area contributed by atoms with Crippen molar-refractivity contribution in [3.63, 3.8) is 0 Å². The molecule has 3 aromatic rings. The number of nitrogens with zero attached hydrogens (tertiary/aromatic N) is 4. The number of alkyl halides is 1. The normalized spacial score (nSPS) is 23.4. The predicted octanol–water partition coefficient (Wildman–Crippen LogP) is 3.32. The first-order chi connectivity index (χ1) is 12.1. The molecule has 8 heteroatoms. The molecule has 0 amide bonds. The summed E-state index contributed by atoms with van der Waals surface area (Å²) >= 11 is 6.00. The average Bonchev–Trinajstić information content (AvgIpc) is 3.21. The van der Waals surface area contributed by atoms with Crippen molar-refractivity contribution in [3.05, 3.63) is 53.7 Å². The molecule has 1 fully saturated rings. The van der Waals surface area contributed by atoms with E-state index in [1.54, 1.807) is 10.9 Å². The summed E-state index contributed by atoms with van der Waals surface area (Å²) in [5, 5.41) is 0.263. The van der Waals surface area contributed by atoms with Crippen molar-refractivity contribution < 1.29 is 13.9 Å². The van der Waals surface area contributed by atoms with Gasteiger partial charge >= 0.3 is 0 Å². The lowest BCUT2D eigenvalue weighted by Crippen LogP contribution is -2.29. The van der Waals surface area contributed by atoms with Crippen molar-refractivity contribution in [2.45, 2.75) is 24.9 Å². The number of rotatable bonds is 5. The third kappa shape index (κ3) is 3.35. The van der Waals surface area contributed by atoms with E-state index in [1.165, 1.54) is 6.33 Å². The molecule has 25 heavy (non-hydrogen) atoms. The van der Waals surface area contributed by atoms with Crippen LogP contribution in [0.4, 0.5) is 4.39 Å². The van der Waals surface area contributed by atoms with Crippen molar-refractivity contribution in [1.82, 2.24) is 19.5 Å². The van der Waals surface area contributed by atoms with Gasteiger partial charge in [-0.05, 0) is 5.56 Å². The van der Waals surface area contributed by atoms with Gasteiger partial charge in [0.05, 0.1) is 26.1 Å². The third-order valence-electron chi connectivity index (χ3n) is 4.17. The molecular formula is C17H16ClFN4O2. The van der Waals surface area contributed by atoms with E-state index in [9.17, 15) is 4.39 Å². The van der Waals surface area contributed by atoms with Crippen LogP contribution in [0, 0.1) is 0 Å². The van der Waals surface area contributed by atoms with Crippen molar-refractivity contribution in [2.75, 3.05) is 13.2 Å². The molecule has 0 radical (unpaired) electrons. The van der Waals surface area contributed by atoms with E-state index in [0.29, 0.717) is 17.8 Å². The van der Waals surface area contributed by atoms with Gasteiger partial charge in [-0.3, -0.25) is 4.57 Å². The molecule has 1 aliphatic rings. The Balaban J connectivity index is 1.42. The molecule has 130 valence electrons. The van der Waals surface area contributed by atoms with Gasteiger partial charge in [-0.25, -0.2) is 19.3 Å². The first-order valence-corrected chi connectivity index (χ1v) is 8.28. The topological polar surface area (TPSA) is 62.1 Å². The second kappa shape index (κ2) is 6.67. The van der Waals surface area contributed by atoms with Crippen LogP contribution in [0.15, 0.2) is 43.0 Å². The minimum atomic E-state index is -1.55. The molecule has 1 aromatic carbocycles. The Bertz CT molecular complexity index is 875. The van der Waals surface area contributed by atoms with E-state index in [4.69, 9.17) is 21.1 Å². The molecule has 6 nitrogen and oxygen atoms in total. The summed E-state index contributed by atoms with van der Waals surface area (Å²) in [4.78, 5) is 12.2. The molecule has 2 aromatic heterocycles. The maximum atomic E-state index is 15.0. The van der Waals surface area contributed by atoms with Crippen LogP contribution in [0.25, 0.3) is 11.2 Å². The van der Waals surface area contributed by atoms with E-state index in [2.05, 4.69) is 15.0 Å². The maximum Gasteiger partial charge on any atom is 0.166 e. The van der Waals surface area contributed by atoms with Crippen LogP contribution in [-0.2, 0) is 16.1 Å². The van der Waals surface area contributed by atoms with E-state index in [-0.39, 0.29) is 24.8 Å². The molecule has 0 aliphatic carbocycles. The van der Waals surface area contributed by atoms with Gasteiger partial charge in [0.25, 0.3) is 0 Å². The molecule has 1 aliphatic heterocycles. The maximum absolute atomic E-state index is 15.0. The highest BCUT2D eigenvalue weighted by molar-refractivity contribution is 6.33. The van der Waals surface area contributed by atoms with E-state index < -0.39 is 11.9 Å². The first kappa shape index (κ1) is 16.4. The lowest BCUT2D eigenvalue weighted by atomic mass is 10.1. The van der Waals surface area contributed by atoms with Crippen LogP contribution in [0.2, 0.25) is 5.15 Å². The molecule has 0 N–H and O–H groups in total. The van der Waals surface area contributed by atoms with Crippen LogP contribution in [-0.4, -0.2) is 38.4 Å². The monoisotopic (exact) mass is 362 g/mol. The second-order valence-corrected chi connectivity index (χ2v) is 6.45. The number of halogens is 2. The Morgan fingerprint density at radius 1 is 1.28 bits per heavy atom. The molecule has 0 spiro atoms. The number of fused-ring (bicyclic) bond motifs is 1. The highest BCUT2D eigenvalue weighted by atomic mass is 35.5. The van der Waals surface area contributed by atoms with Crippen LogP contribution >= 0.6 is 11.6 Å². The second-order valence-electron chi connectivity index (χ2n) is 6.09. The number of imidazole rings is 1. The van der Waals surface area contributed by atoms with Crippen molar-refractivity contribution in [3.8, 4) is 0 Å². The molecule has 0 saturated carbocycles. The SMILES string of the molecule is F[C@@]1(COCc2ccccc2)CO[C@@H](n2cnc3c(Cl)ncnc32)C1. The Morgan fingerprint density at radius 3 is 2.96 bits per heavy atom. The molecule has 1 saturated heterocycles. The third-order valence-corrected chi connectivity index (χ3v) is 4.45. The molecule has 0 bridgehead atoms. The van der Waals surface area contributed by atoms with Crippen molar-refractivity contribution >= 4 is 22.8 Å². The Hall–Kier alpha value is -2.09. The van der Waals surface area contributed by atoms with Gasteiger partial charge in [0, 0.05) is 6.42 Å². The summed E-state index contributed by atoms with van der Waals surface area (Å²) in [5.74, 6) is 0. The number of aromatic nitrogens is 4. The van der Waals surface area contributed by atoms with Crippen LogP contribution in [0.5, 0.6) is 0 Å². The summed E-state index contributed by atoms with van der Waals surface area (Å²) < 4.78 is 27.9. The summed E-state index contributed by atoms with van der Waals surface area (Å²) in [7, 11) is 0. The zero-order chi connectivity index (χ0) is 17.3. The number of benzene rings is 1. The van der Waals surface area contributed by atoms with Crippen molar-refractivity contribution in [2.24, 2.45) is 0 Å². The number of ether oxygens (including phenoxy) is 2. The first-order valence-electron chi connectivity index (χ1n) is 7.90. The fraction of sp³-hybridized carbons (Fsp3) is 0.353. The summed E-state index contributed by atoms with van der Waals surface area (Å²) in [6.45, 7) is 0.305. The number of hydrogen-bond acceptors (Lipinski definition) is 5. The van der Waals surface area contributed by atoms with Gasteiger partial charge in [-0.15, -0.1) is 0 Å². The lowest BCUT2D eigenvalue weighted by Gasteiger charge is -2.18. The number of hydrogen-bond donors (Lipinski definition) is 0. The fourth-order valence-corrected chi connectivity index (χ4v) is 3.09. The van der Waals surface area contributed by atoms with Crippen molar-refractivity contribution in [1.29, 1.82) is 0 Å². The van der Waals surface area contributed by atoms with E-state index >= 15 is 0 Å².